The van der Waals surface area contributed by atoms with Gasteiger partial charge in [-0.1, -0.05) is 0 Å². The molecule has 0 bridgehead atoms. The van der Waals surface area contributed by atoms with E-state index >= 15 is 0 Å². The van der Waals surface area contributed by atoms with Crippen molar-refractivity contribution in [3.05, 3.63) is 30.2 Å². The lowest BCUT2D eigenvalue weighted by Crippen LogP contribution is -1.90. The van der Waals surface area contributed by atoms with Gasteiger partial charge in [0.05, 0.1) is 18.0 Å². The van der Waals surface area contributed by atoms with Crippen molar-refractivity contribution in [3.63, 3.8) is 0 Å². The summed E-state index contributed by atoms with van der Waals surface area (Å²) in [6, 6.07) is 3.76. The van der Waals surface area contributed by atoms with Gasteiger partial charge in [-0.3, -0.25) is 0 Å². The normalized spacial score (nSPS) is 8.92. The fourth-order valence-electron chi connectivity index (χ4n) is 0.867. The summed E-state index contributed by atoms with van der Waals surface area (Å²) in [7, 11) is 0. The Morgan fingerprint density at radius 1 is 1.50 bits per heavy atom. The van der Waals surface area contributed by atoms with Crippen LogP contribution in [0.5, 0.6) is 0 Å². The molecule has 0 unspecified atom stereocenters. The molecule has 4 nitrogen and oxygen atoms in total. The summed E-state index contributed by atoms with van der Waals surface area (Å²) in [6.07, 6.45) is 4.81. The van der Waals surface area contributed by atoms with Gasteiger partial charge in [0, 0.05) is 12.3 Å². The van der Waals surface area contributed by atoms with Crippen LogP contribution in [0.4, 0.5) is 0 Å². The molecule has 0 atom stereocenters. The van der Waals surface area contributed by atoms with Crippen LogP contribution in [0.2, 0.25) is 0 Å². The Balaban J connectivity index is 0.000000720. The Kier molecular flexibility index (Phi) is 2.26. The lowest BCUT2D eigenvalue weighted by Gasteiger charge is -1.90. The third kappa shape index (κ3) is 1.22. The number of rotatable bonds is 0. The minimum absolute atomic E-state index is 0. The van der Waals surface area contributed by atoms with E-state index in [-0.39, 0.29) is 12.4 Å². The van der Waals surface area contributed by atoms with Crippen molar-refractivity contribution in [1.82, 2.24) is 14.6 Å². The summed E-state index contributed by atoms with van der Waals surface area (Å²) < 4.78 is 1.57. The maximum absolute atomic E-state index is 8.50. The van der Waals surface area contributed by atoms with Gasteiger partial charge in [0.25, 0.3) is 0 Å². The second-order valence-electron chi connectivity index (χ2n) is 2.09. The lowest BCUT2D eigenvalue weighted by molar-refractivity contribution is 0.935. The van der Waals surface area contributed by atoms with Crippen LogP contribution in [-0.2, 0) is 0 Å². The summed E-state index contributed by atoms with van der Waals surface area (Å²) >= 11 is 0. The van der Waals surface area contributed by atoms with Crippen LogP contribution in [0.1, 0.15) is 5.56 Å². The second kappa shape index (κ2) is 3.20. The average molecular weight is 181 g/mol. The maximum Gasteiger partial charge on any atom is 0.154 e. The minimum Gasteiger partial charge on any atom is -0.236 e. The molecule has 0 N–H and O–H groups in total. The molecule has 0 amide bonds. The summed E-state index contributed by atoms with van der Waals surface area (Å²) in [5.74, 6) is 0. The lowest BCUT2D eigenvalue weighted by atomic mass is 10.4. The van der Waals surface area contributed by atoms with E-state index in [0.29, 0.717) is 5.56 Å². The van der Waals surface area contributed by atoms with Gasteiger partial charge in [-0.05, 0) is 0 Å². The Morgan fingerprint density at radius 3 is 3.08 bits per heavy atom. The van der Waals surface area contributed by atoms with E-state index in [9.17, 15) is 0 Å². The molecule has 60 valence electrons. The van der Waals surface area contributed by atoms with Crippen LogP contribution in [0, 0.1) is 11.3 Å². The van der Waals surface area contributed by atoms with Crippen LogP contribution in [0.25, 0.3) is 5.65 Å². The number of hydrogen-bond acceptors (Lipinski definition) is 3. The molecular weight excluding hydrogens is 176 g/mol. The SMILES string of the molecule is Cl.N#Cc1cnc2ccnn2c1. The first-order chi connectivity index (χ1) is 5.40. The van der Waals surface area contributed by atoms with Crippen LogP contribution in [0.3, 0.4) is 0 Å². The zero-order valence-corrected chi connectivity index (χ0v) is 6.82. The first kappa shape index (κ1) is 8.50. The van der Waals surface area contributed by atoms with Crippen molar-refractivity contribution < 1.29 is 0 Å². The number of halogens is 1. The average Bonchev–Trinajstić information content (AvgIpc) is 2.50. The highest BCUT2D eigenvalue weighted by Gasteiger charge is 1.94. The van der Waals surface area contributed by atoms with E-state index in [4.69, 9.17) is 5.26 Å². The predicted octanol–water partition coefficient (Wildman–Crippen LogP) is 1.02. The Morgan fingerprint density at radius 2 is 2.33 bits per heavy atom. The number of fused-ring (bicyclic) bond motifs is 1. The van der Waals surface area contributed by atoms with Crippen molar-refractivity contribution >= 4 is 18.1 Å². The molecule has 0 aliphatic carbocycles. The summed E-state index contributed by atoms with van der Waals surface area (Å²) in [5.41, 5.74) is 1.27. The summed E-state index contributed by atoms with van der Waals surface area (Å²) in [6.45, 7) is 0. The van der Waals surface area contributed by atoms with E-state index < -0.39 is 0 Å². The van der Waals surface area contributed by atoms with E-state index in [1.54, 1.807) is 23.0 Å². The molecule has 0 aliphatic rings. The number of nitrogens with zero attached hydrogens (tertiary/aromatic N) is 4. The van der Waals surface area contributed by atoms with Crippen LogP contribution >= 0.6 is 12.4 Å². The van der Waals surface area contributed by atoms with E-state index in [1.165, 1.54) is 6.20 Å². The molecular formula is C7H5ClN4. The van der Waals surface area contributed by atoms with Gasteiger partial charge in [-0.2, -0.15) is 10.4 Å². The quantitative estimate of drug-likeness (QED) is 0.608. The largest absolute Gasteiger partial charge is 0.236 e. The highest BCUT2D eigenvalue weighted by Crippen LogP contribution is 1.98. The molecule has 0 aliphatic heterocycles. The zero-order valence-electron chi connectivity index (χ0n) is 6.01. The first-order valence-electron chi connectivity index (χ1n) is 3.09. The minimum atomic E-state index is 0. The predicted molar refractivity (Wildman–Crippen MR) is 45.0 cm³/mol. The topological polar surface area (TPSA) is 54.0 Å². The molecule has 0 saturated heterocycles. The molecule has 5 heteroatoms. The standard InChI is InChI=1S/C7H4N4.ClH/c8-3-6-4-9-7-1-2-10-11(7)5-6;/h1-2,4-5H;1H. The van der Waals surface area contributed by atoms with Gasteiger partial charge < -0.3 is 0 Å². The molecule has 0 radical (unpaired) electrons. The molecule has 2 rings (SSSR count). The van der Waals surface area contributed by atoms with E-state index in [2.05, 4.69) is 10.1 Å². The van der Waals surface area contributed by atoms with Crippen LogP contribution in [0.15, 0.2) is 24.7 Å². The molecule has 12 heavy (non-hydrogen) atoms. The van der Waals surface area contributed by atoms with Gasteiger partial charge >= 0.3 is 0 Å². The summed E-state index contributed by atoms with van der Waals surface area (Å²) in [4.78, 5) is 3.99. The number of aromatic nitrogens is 3. The van der Waals surface area contributed by atoms with Gasteiger partial charge in [-0.25, -0.2) is 9.50 Å². The molecule has 0 saturated carbocycles. The van der Waals surface area contributed by atoms with Gasteiger partial charge in [0.2, 0.25) is 0 Å². The third-order valence-electron chi connectivity index (χ3n) is 1.38. The Labute approximate surface area is 74.9 Å². The fourth-order valence-corrected chi connectivity index (χ4v) is 0.867. The highest BCUT2D eigenvalue weighted by molar-refractivity contribution is 5.85. The van der Waals surface area contributed by atoms with Crippen molar-refractivity contribution in [2.45, 2.75) is 0 Å². The Hall–Kier alpha value is -1.60. The molecule has 0 aromatic carbocycles. The smallest absolute Gasteiger partial charge is 0.154 e. The van der Waals surface area contributed by atoms with E-state index in [1.807, 2.05) is 6.07 Å². The van der Waals surface area contributed by atoms with Gasteiger partial charge in [-0.15, -0.1) is 12.4 Å². The highest BCUT2D eigenvalue weighted by atomic mass is 35.5. The fraction of sp³-hybridized carbons (Fsp3) is 0. The van der Waals surface area contributed by atoms with Crippen LogP contribution in [-0.4, -0.2) is 14.6 Å². The Bertz CT molecular complexity index is 428. The van der Waals surface area contributed by atoms with Crippen molar-refractivity contribution in [2.24, 2.45) is 0 Å². The first-order valence-corrected chi connectivity index (χ1v) is 3.09. The monoisotopic (exact) mass is 180 g/mol. The van der Waals surface area contributed by atoms with Crippen LogP contribution < -0.4 is 0 Å². The summed E-state index contributed by atoms with van der Waals surface area (Å²) in [5, 5.41) is 12.4. The third-order valence-corrected chi connectivity index (χ3v) is 1.38. The zero-order chi connectivity index (χ0) is 7.68. The van der Waals surface area contributed by atoms with Crippen molar-refractivity contribution in [2.75, 3.05) is 0 Å². The molecule has 0 fully saturated rings. The number of nitriles is 1. The molecule has 2 aromatic heterocycles. The second-order valence-corrected chi connectivity index (χ2v) is 2.09. The number of hydrogen-bond donors (Lipinski definition) is 0. The molecule has 2 heterocycles. The van der Waals surface area contributed by atoms with Gasteiger partial charge in [0.1, 0.15) is 6.07 Å². The molecule has 2 aromatic rings. The van der Waals surface area contributed by atoms with E-state index in [0.717, 1.165) is 5.65 Å². The van der Waals surface area contributed by atoms with Gasteiger partial charge in [0.15, 0.2) is 5.65 Å². The van der Waals surface area contributed by atoms with Crippen molar-refractivity contribution in [1.29, 1.82) is 5.26 Å². The molecule has 0 spiro atoms. The van der Waals surface area contributed by atoms with Crippen molar-refractivity contribution in [3.8, 4) is 6.07 Å². The maximum atomic E-state index is 8.50.